The minimum absolute atomic E-state index is 0.269. The summed E-state index contributed by atoms with van der Waals surface area (Å²) in [6.45, 7) is 2.51. The molecule has 3 rings (SSSR count). The molecule has 1 aliphatic heterocycles. The van der Waals surface area contributed by atoms with E-state index < -0.39 is 0 Å². The minimum Gasteiger partial charge on any atom is -0.343 e. The maximum atomic E-state index is 12.2. The van der Waals surface area contributed by atoms with Gasteiger partial charge in [0.1, 0.15) is 0 Å². The first-order chi connectivity index (χ1) is 10.3. The number of carbonyl (C=O) groups is 1. The average Bonchev–Trinajstić information content (AvgIpc) is 3.21. The van der Waals surface area contributed by atoms with Crippen LogP contribution in [0.25, 0.3) is 0 Å². The molecule has 2 aromatic rings. The molecule has 1 aliphatic rings. The molecule has 6 heteroatoms. The van der Waals surface area contributed by atoms with Crippen LogP contribution in [0.5, 0.6) is 0 Å². The molecule has 0 spiro atoms. The summed E-state index contributed by atoms with van der Waals surface area (Å²) in [4.78, 5) is 14.2. The Hall–Kier alpha value is -2.11. The van der Waals surface area contributed by atoms with Crippen molar-refractivity contribution < 1.29 is 4.79 Å². The van der Waals surface area contributed by atoms with Crippen LogP contribution in [0.1, 0.15) is 37.3 Å². The number of aromatic amines is 1. The van der Waals surface area contributed by atoms with Crippen molar-refractivity contribution >= 4 is 5.91 Å². The van der Waals surface area contributed by atoms with E-state index in [1.54, 1.807) is 12.4 Å². The van der Waals surface area contributed by atoms with Crippen molar-refractivity contribution in [2.75, 3.05) is 13.1 Å². The minimum atomic E-state index is 0.269. The zero-order valence-corrected chi connectivity index (χ0v) is 12.1. The lowest BCUT2D eigenvalue weighted by atomic mass is 9.93. The third-order valence-electron chi connectivity index (χ3n) is 4.15. The number of aromatic nitrogens is 4. The average molecular weight is 287 g/mol. The van der Waals surface area contributed by atoms with Crippen LogP contribution >= 0.6 is 0 Å². The zero-order valence-electron chi connectivity index (χ0n) is 12.1. The maximum absolute atomic E-state index is 12.2. The summed E-state index contributed by atoms with van der Waals surface area (Å²) in [5, 5.41) is 11.2. The fraction of sp³-hybridized carbons (Fsp3) is 0.533. The molecule has 1 N–H and O–H groups in total. The molecule has 3 heterocycles. The second-order valence-electron chi connectivity index (χ2n) is 5.54. The predicted octanol–water partition coefficient (Wildman–Crippen LogP) is 1.79. The van der Waals surface area contributed by atoms with Gasteiger partial charge in [-0.1, -0.05) is 0 Å². The monoisotopic (exact) mass is 287 g/mol. The molecule has 1 amide bonds. The summed E-state index contributed by atoms with van der Waals surface area (Å²) in [5.41, 5.74) is 1.20. The molecule has 0 aliphatic carbocycles. The zero-order chi connectivity index (χ0) is 14.5. The van der Waals surface area contributed by atoms with E-state index in [1.165, 1.54) is 5.69 Å². The number of nitrogens with zero attached hydrogens (tertiary/aromatic N) is 4. The van der Waals surface area contributed by atoms with Crippen LogP contribution in [0.4, 0.5) is 0 Å². The van der Waals surface area contributed by atoms with Crippen molar-refractivity contribution in [2.24, 2.45) is 0 Å². The number of amides is 1. The molecule has 0 unspecified atom stereocenters. The van der Waals surface area contributed by atoms with Crippen LogP contribution in [-0.4, -0.2) is 43.9 Å². The van der Waals surface area contributed by atoms with Crippen LogP contribution in [-0.2, 0) is 11.3 Å². The van der Waals surface area contributed by atoms with E-state index in [4.69, 9.17) is 0 Å². The van der Waals surface area contributed by atoms with Gasteiger partial charge in [-0.2, -0.15) is 10.2 Å². The second-order valence-corrected chi connectivity index (χ2v) is 5.54. The molecule has 0 aromatic carbocycles. The normalized spacial score (nSPS) is 16.3. The van der Waals surface area contributed by atoms with Gasteiger partial charge in [0.25, 0.3) is 0 Å². The van der Waals surface area contributed by atoms with E-state index in [9.17, 15) is 4.79 Å². The first-order valence-corrected chi connectivity index (χ1v) is 7.57. The summed E-state index contributed by atoms with van der Waals surface area (Å²) in [6.07, 6.45) is 8.99. The number of piperidine rings is 1. The van der Waals surface area contributed by atoms with Gasteiger partial charge in [-0.05, 0) is 31.4 Å². The van der Waals surface area contributed by atoms with Crippen LogP contribution < -0.4 is 0 Å². The van der Waals surface area contributed by atoms with Crippen LogP contribution in [0.2, 0.25) is 0 Å². The Kier molecular flexibility index (Phi) is 4.33. The van der Waals surface area contributed by atoms with Crippen molar-refractivity contribution in [3.63, 3.8) is 0 Å². The summed E-state index contributed by atoms with van der Waals surface area (Å²) in [7, 11) is 0. The van der Waals surface area contributed by atoms with E-state index in [1.807, 2.05) is 27.9 Å². The largest absolute Gasteiger partial charge is 0.343 e. The predicted molar refractivity (Wildman–Crippen MR) is 78.6 cm³/mol. The summed E-state index contributed by atoms with van der Waals surface area (Å²) >= 11 is 0. The lowest BCUT2D eigenvalue weighted by molar-refractivity contribution is -0.132. The van der Waals surface area contributed by atoms with Crippen LogP contribution in [0.3, 0.4) is 0 Å². The molecule has 112 valence electrons. The number of hydrogen-bond donors (Lipinski definition) is 1. The molecule has 1 saturated heterocycles. The molecule has 6 nitrogen and oxygen atoms in total. The van der Waals surface area contributed by atoms with E-state index >= 15 is 0 Å². The van der Waals surface area contributed by atoms with Gasteiger partial charge < -0.3 is 4.90 Å². The first kappa shape index (κ1) is 13.9. The fourth-order valence-electron chi connectivity index (χ4n) is 2.92. The molecule has 0 saturated carbocycles. The highest BCUT2D eigenvalue weighted by Crippen LogP contribution is 2.26. The van der Waals surface area contributed by atoms with Crippen LogP contribution in [0, 0.1) is 0 Å². The Morgan fingerprint density at radius 3 is 2.86 bits per heavy atom. The van der Waals surface area contributed by atoms with Crippen molar-refractivity contribution in [1.82, 2.24) is 24.9 Å². The number of nitrogens with one attached hydrogen (secondary N) is 1. The van der Waals surface area contributed by atoms with Gasteiger partial charge in [0, 0.05) is 56.3 Å². The Morgan fingerprint density at radius 2 is 2.19 bits per heavy atom. The molecule has 0 atom stereocenters. The summed E-state index contributed by atoms with van der Waals surface area (Å²) < 4.78 is 1.87. The Bertz CT molecular complexity index is 541. The smallest absolute Gasteiger partial charge is 0.222 e. The van der Waals surface area contributed by atoms with Gasteiger partial charge in [0.05, 0.1) is 0 Å². The molecule has 2 aromatic heterocycles. The van der Waals surface area contributed by atoms with Gasteiger partial charge in [0.15, 0.2) is 0 Å². The number of likely N-dealkylation sites (tertiary alicyclic amines) is 1. The lowest BCUT2D eigenvalue weighted by Gasteiger charge is -2.31. The molecular formula is C15H21N5O. The standard InChI is InChI=1S/C15H21N5O/c21-15(3-1-9-20-10-2-7-17-20)19-11-5-13(6-12-19)14-4-8-16-18-14/h2,4,7-8,10,13H,1,3,5-6,9,11-12H2,(H,16,18). The third-order valence-corrected chi connectivity index (χ3v) is 4.15. The van der Waals surface area contributed by atoms with E-state index in [-0.39, 0.29) is 5.91 Å². The molecule has 21 heavy (non-hydrogen) atoms. The number of hydrogen-bond acceptors (Lipinski definition) is 3. The van der Waals surface area contributed by atoms with Crippen LogP contribution in [0.15, 0.2) is 30.7 Å². The Labute approximate surface area is 124 Å². The number of carbonyl (C=O) groups excluding carboxylic acids is 1. The van der Waals surface area contributed by atoms with Crippen molar-refractivity contribution in [3.8, 4) is 0 Å². The van der Waals surface area contributed by atoms with E-state index in [2.05, 4.69) is 15.3 Å². The summed E-state index contributed by atoms with van der Waals surface area (Å²) in [6, 6.07) is 3.94. The molecule has 0 radical (unpaired) electrons. The Balaban J connectivity index is 1.40. The highest BCUT2D eigenvalue weighted by molar-refractivity contribution is 5.76. The molecule has 0 bridgehead atoms. The first-order valence-electron chi connectivity index (χ1n) is 7.57. The lowest BCUT2D eigenvalue weighted by Crippen LogP contribution is -2.38. The van der Waals surface area contributed by atoms with Gasteiger partial charge in [-0.3, -0.25) is 14.6 Å². The number of rotatable bonds is 5. The van der Waals surface area contributed by atoms with Gasteiger partial charge in [-0.15, -0.1) is 0 Å². The number of aryl methyl sites for hydroxylation is 1. The molecular weight excluding hydrogens is 266 g/mol. The van der Waals surface area contributed by atoms with Gasteiger partial charge >= 0.3 is 0 Å². The SMILES string of the molecule is O=C(CCCn1cccn1)N1CCC(c2ccn[nH]2)CC1. The highest BCUT2D eigenvalue weighted by Gasteiger charge is 2.24. The van der Waals surface area contributed by atoms with Gasteiger partial charge in [-0.25, -0.2) is 0 Å². The van der Waals surface area contributed by atoms with Crippen molar-refractivity contribution in [2.45, 2.75) is 38.1 Å². The van der Waals surface area contributed by atoms with Crippen molar-refractivity contribution in [1.29, 1.82) is 0 Å². The summed E-state index contributed by atoms with van der Waals surface area (Å²) in [5.74, 6) is 0.783. The van der Waals surface area contributed by atoms with Crippen molar-refractivity contribution in [3.05, 3.63) is 36.4 Å². The maximum Gasteiger partial charge on any atom is 0.222 e. The number of H-pyrrole nitrogens is 1. The quantitative estimate of drug-likeness (QED) is 0.911. The van der Waals surface area contributed by atoms with Gasteiger partial charge in [0.2, 0.25) is 5.91 Å². The molecule has 1 fully saturated rings. The third kappa shape index (κ3) is 3.51. The highest BCUT2D eigenvalue weighted by atomic mass is 16.2. The van der Waals surface area contributed by atoms with E-state index in [0.29, 0.717) is 12.3 Å². The fourth-order valence-corrected chi connectivity index (χ4v) is 2.92. The Morgan fingerprint density at radius 1 is 1.33 bits per heavy atom. The topological polar surface area (TPSA) is 66.8 Å². The second kappa shape index (κ2) is 6.56. The van der Waals surface area contributed by atoms with E-state index in [0.717, 1.165) is 38.9 Å².